The highest BCUT2D eigenvalue weighted by Gasteiger charge is 2.16. The number of benzene rings is 2. The molecular weight excluding hydrogens is 324 g/mol. The molecule has 4 nitrogen and oxygen atoms in total. The first-order valence-corrected chi connectivity index (χ1v) is 8.01. The maximum Gasteiger partial charge on any atom is 0.253 e. The summed E-state index contributed by atoms with van der Waals surface area (Å²) in [6.07, 6.45) is 0.985. The number of halogens is 1. The van der Waals surface area contributed by atoms with E-state index in [4.69, 9.17) is 4.74 Å². The lowest BCUT2D eigenvalue weighted by atomic mass is 10.1. The van der Waals surface area contributed by atoms with E-state index in [2.05, 4.69) is 5.32 Å². The predicted octanol–water partition coefficient (Wildman–Crippen LogP) is 3.75. The van der Waals surface area contributed by atoms with Gasteiger partial charge in [0.05, 0.1) is 6.61 Å². The minimum absolute atomic E-state index is 0. The maximum atomic E-state index is 12.6. The third kappa shape index (κ3) is 4.01. The van der Waals surface area contributed by atoms with Crippen LogP contribution in [0.4, 0.5) is 5.69 Å². The van der Waals surface area contributed by atoms with Gasteiger partial charge >= 0.3 is 0 Å². The first-order chi connectivity index (χ1) is 11.2. The molecule has 0 unspecified atom stereocenters. The minimum Gasteiger partial charge on any atom is -0.494 e. The molecule has 0 aliphatic carbocycles. The number of nitrogens with one attached hydrogen (secondary N) is 1. The molecule has 1 N–H and O–H groups in total. The summed E-state index contributed by atoms with van der Waals surface area (Å²) in [5.41, 5.74) is 4.22. The van der Waals surface area contributed by atoms with Crippen LogP contribution >= 0.6 is 12.4 Å². The number of carbonyl (C=O) groups excluding carboxylic acids is 1. The van der Waals surface area contributed by atoms with Gasteiger partial charge in [0.15, 0.2) is 0 Å². The molecule has 0 aromatic heterocycles. The van der Waals surface area contributed by atoms with Gasteiger partial charge in [0, 0.05) is 31.4 Å². The van der Waals surface area contributed by atoms with Gasteiger partial charge in [0.25, 0.3) is 5.91 Å². The van der Waals surface area contributed by atoms with Crippen LogP contribution in [0.1, 0.15) is 28.4 Å². The van der Waals surface area contributed by atoms with E-state index < -0.39 is 0 Å². The first kappa shape index (κ1) is 18.1. The number of carbonyl (C=O) groups is 1. The second-order valence-corrected chi connectivity index (χ2v) is 5.79. The Morgan fingerprint density at radius 2 is 1.96 bits per heavy atom. The summed E-state index contributed by atoms with van der Waals surface area (Å²) in [7, 11) is 1.84. The fourth-order valence-electron chi connectivity index (χ4n) is 2.86. The summed E-state index contributed by atoms with van der Waals surface area (Å²) in [6.45, 7) is 4.16. The van der Waals surface area contributed by atoms with Crippen LogP contribution in [-0.2, 0) is 13.0 Å². The topological polar surface area (TPSA) is 41.6 Å². The van der Waals surface area contributed by atoms with E-state index in [1.165, 1.54) is 5.56 Å². The monoisotopic (exact) mass is 346 g/mol. The Hall–Kier alpha value is -2.20. The summed E-state index contributed by atoms with van der Waals surface area (Å²) < 4.78 is 5.44. The van der Waals surface area contributed by atoms with Crippen molar-refractivity contribution in [2.24, 2.45) is 0 Å². The third-order valence-corrected chi connectivity index (χ3v) is 4.06. The van der Waals surface area contributed by atoms with E-state index in [9.17, 15) is 4.79 Å². The Balaban J connectivity index is 0.00000208. The van der Waals surface area contributed by atoms with E-state index in [-0.39, 0.29) is 18.3 Å². The molecule has 5 heteroatoms. The van der Waals surface area contributed by atoms with Crippen LogP contribution < -0.4 is 10.1 Å². The normalized spacial score (nSPS) is 11.9. The molecule has 0 spiro atoms. The van der Waals surface area contributed by atoms with Crippen LogP contribution in [0, 0.1) is 0 Å². The van der Waals surface area contributed by atoms with Crippen LogP contribution in [0.2, 0.25) is 0 Å². The molecule has 0 radical (unpaired) electrons. The van der Waals surface area contributed by atoms with Crippen LogP contribution in [-0.4, -0.2) is 31.0 Å². The lowest BCUT2D eigenvalue weighted by Crippen LogP contribution is -2.26. The smallest absolute Gasteiger partial charge is 0.253 e. The highest BCUT2D eigenvalue weighted by atomic mass is 35.5. The van der Waals surface area contributed by atoms with Gasteiger partial charge in [-0.15, -0.1) is 12.4 Å². The van der Waals surface area contributed by atoms with Crippen molar-refractivity contribution in [1.29, 1.82) is 0 Å². The Morgan fingerprint density at radius 3 is 2.67 bits per heavy atom. The second-order valence-electron chi connectivity index (χ2n) is 5.79. The lowest BCUT2D eigenvalue weighted by molar-refractivity contribution is 0.0785. The Morgan fingerprint density at radius 1 is 1.21 bits per heavy atom. The maximum absolute atomic E-state index is 12.6. The van der Waals surface area contributed by atoms with Crippen molar-refractivity contribution in [3.05, 3.63) is 59.2 Å². The van der Waals surface area contributed by atoms with Gasteiger partial charge in [-0.2, -0.15) is 0 Å². The van der Waals surface area contributed by atoms with Crippen molar-refractivity contribution in [2.75, 3.05) is 25.5 Å². The highest BCUT2D eigenvalue weighted by Crippen LogP contribution is 2.24. The zero-order chi connectivity index (χ0) is 16.2. The zero-order valence-corrected chi connectivity index (χ0v) is 14.9. The molecule has 1 aliphatic rings. The van der Waals surface area contributed by atoms with Gasteiger partial charge in [-0.3, -0.25) is 4.79 Å². The second kappa shape index (κ2) is 8.06. The van der Waals surface area contributed by atoms with Crippen LogP contribution in [0.15, 0.2) is 42.5 Å². The molecule has 0 atom stereocenters. The molecule has 128 valence electrons. The molecule has 1 heterocycles. The number of ether oxygens (including phenoxy) is 1. The number of hydrogen-bond acceptors (Lipinski definition) is 3. The number of fused-ring (bicyclic) bond motifs is 1. The van der Waals surface area contributed by atoms with Gasteiger partial charge < -0.3 is 15.0 Å². The highest BCUT2D eigenvalue weighted by molar-refractivity contribution is 5.94. The van der Waals surface area contributed by atoms with Gasteiger partial charge in [0.1, 0.15) is 5.75 Å². The first-order valence-electron chi connectivity index (χ1n) is 8.01. The van der Waals surface area contributed by atoms with E-state index >= 15 is 0 Å². The molecule has 0 bridgehead atoms. The third-order valence-electron chi connectivity index (χ3n) is 4.06. The summed E-state index contributed by atoms with van der Waals surface area (Å²) in [5.74, 6) is 0.907. The minimum atomic E-state index is 0. The molecule has 3 rings (SSSR count). The average molecular weight is 347 g/mol. The quantitative estimate of drug-likeness (QED) is 0.896. The molecule has 2 aromatic rings. The molecule has 0 fully saturated rings. The number of anilines is 1. The molecule has 1 aliphatic heterocycles. The average Bonchev–Trinajstić information content (AvgIpc) is 3.03. The van der Waals surface area contributed by atoms with E-state index in [0.29, 0.717) is 13.2 Å². The Labute approximate surface area is 149 Å². The van der Waals surface area contributed by atoms with Crippen molar-refractivity contribution in [3.8, 4) is 5.75 Å². The van der Waals surface area contributed by atoms with Gasteiger partial charge in [-0.05, 0) is 54.8 Å². The van der Waals surface area contributed by atoms with Gasteiger partial charge in [0.2, 0.25) is 0 Å². The predicted molar refractivity (Wildman–Crippen MR) is 99.3 cm³/mol. The Bertz CT molecular complexity index is 701. The SMILES string of the molecule is CCOc1ccc(CN(C)C(=O)c2ccc3c(c2)CCN3)cc1.Cl. The van der Waals surface area contributed by atoms with Gasteiger partial charge in [-0.1, -0.05) is 12.1 Å². The molecule has 1 amide bonds. The van der Waals surface area contributed by atoms with Crippen molar-refractivity contribution in [2.45, 2.75) is 19.9 Å². The van der Waals surface area contributed by atoms with Crippen molar-refractivity contribution in [3.63, 3.8) is 0 Å². The van der Waals surface area contributed by atoms with Crippen molar-refractivity contribution < 1.29 is 9.53 Å². The van der Waals surface area contributed by atoms with E-state index in [1.54, 1.807) is 4.90 Å². The van der Waals surface area contributed by atoms with E-state index in [1.807, 2.05) is 56.4 Å². The molecule has 0 saturated carbocycles. The number of hydrogen-bond donors (Lipinski definition) is 1. The fourth-order valence-corrected chi connectivity index (χ4v) is 2.86. The van der Waals surface area contributed by atoms with Gasteiger partial charge in [-0.25, -0.2) is 0 Å². The molecular formula is C19H23ClN2O2. The van der Waals surface area contributed by atoms with Crippen LogP contribution in [0.25, 0.3) is 0 Å². The van der Waals surface area contributed by atoms with Crippen LogP contribution in [0.5, 0.6) is 5.75 Å². The lowest BCUT2D eigenvalue weighted by Gasteiger charge is -2.18. The summed E-state index contributed by atoms with van der Waals surface area (Å²) >= 11 is 0. The number of rotatable bonds is 5. The van der Waals surface area contributed by atoms with E-state index in [0.717, 1.165) is 35.5 Å². The summed E-state index contributed by atoms with van der Waals surface area (Å²) in [6, 6.07) is 13.8. The molecule has 0 saturated heterocycles. The van der Waals surface area contributed by atoms with Crippen molar-refractivity contribution >= 4 is 24.0 Å². The summed E-state index contributed by atoms with van der Waals surface area (Å²) in [5, 5.41) is 3.31. The van der Waals surface area contributed by atoms with Crippen LogP contribution in [0.3, 0.4) is 0 Å². The zero-order valence-electron chi connectivity index (χ0n) is 14.0. The molecule has 2 aromatic carbocycles. The number of amides is 1. The fraction of sp³-hybridized carbons (Fsp3) is 0.316. The van der Waals surface area contributed by atoms with Crippen molar-refractivity contribution in [1.82, 2.24) is 4.90 Å². The largest absolute Gasteiger partial charge is 0.494 e. The Kier molecular flexibility index (Phi) is 6.10. The standard InChI is InChI=1S/C19H22N2O2.ClH/c1-3-23-17-7-4-14(5-8-17)13-21(2)19(22)16-6-9-18-15(12-16)10-11-20-18;/h4-9,12,20H,3,10-11,13H2,1-2H3;1H. The molecule has 24 heavy (non-hydrogen) atoms. The summed E-state index contributed by atoms with van der Waals surface area (Å²) in [4.78, 5) is 14.3. The number of nitrogens with zero attached hydrogens (tertiary/aromatic N) is 1.